The summed E-state index contributed by atoms with van der Waals surface area (Å²) in [4.78, 5) is 10.7. The first-order valence-electron chi connectivity index (χ1n) is 10.1. The van der Waals surface area contributed by atoms with E-state index in [1.54, 1.807) is 6.92 Å². The van der Waals surface area contributed by atoms with Crippen LogP contribution < -0.4 is 5.32 Å². The van der Waals surface area contributed by atoms with Gasteiger partial charge in [0.25, 0.3) is 0 Å². The van der Waals surface area contributed by atoms with Gasteiger partial charge in [-0.15, -0.1) is 0 Å². The fourth-order valence-corrected chi connectivity index (χ4v) is 2.98. The van der Waals surface area contributed by atoms with Gasteiger partial charge in [-0.1, -0.05) is 89.9 Å². The summed E-state index contributed by atoms with van der Waals surface area (Å²) in [6.07, 6.45) is 21.1. The number of amides is 1. The minimum absolute atomic E-state index is 0.0895. The molecule has 23 heavy (non-hydrogen) atoms. The molecule has 0 fully saturated rings. The molecular weight excluding hydrogens is 286 g/mol. The lowest BCUT2D eigenvalue weighted by molar-refractivity contribution is -0.118. The molecule has 138 valence electrons. The molecule has 0 heterocycles. The molecule has 0 saturated carbocycles. The summed E-state index contributed by atoms with van der Waals surface area (Å²) < 4.78 is 0. The first-order valence-corrected chi connectivity index (χ1v) is 10.1. The van der Waals surface area contributed by atoms with Crippen LogP contribution in [-0.2, 0) is 4.79 Å². The van der Waals surface area contributed by atoms with Crippen molar-refractivity contribution < 1.29 is 9.90 Å². The van der Waals surface area contributed by atoms with Gasteiger partial charge in [-0.05, 0) is 12.8 Å². The fraction of sp³-hybridized carbons (Fsp3) is 0.950. The van der Waals surface area contributed by atoms with E-state index >= 15 is 0 Å². The Balaban J connectivity index is 2.96. The monoisotopic (exact) mass is 327 g/mol. The van der Waals surface area contributed by atoms with Gasteiger partial charge < -0.3 is 10.4 Å². The Kier molecular flexibility index (Phi) is 19.0. The molecule has 0 aliphatic rings. The van der Waals surface area contributed by atoms with Gasteiger partial charge in [0.15, 0.2) is 0 Å². The SMILES string of the molecule is CC(=O)NCCCCCCCCCCCCCCCCCCO. The Hall–Kier alpha value is -0.570. The van der Waals surface area contributed by atoms with Crippen molar-refractivity contribution >= 4 is 5.91 Å². The van der Waals surface area contributed by atoms with Crippen LogP contribution in [0.2, 0.25) is 0 Å². The number of hydrogen-bond donors (Lipinski definition) is 2. The van der Waals surface area contributed by atoms with Gasteiger partial charge in [0.05, 0.1) is 0 Å². The Morgan fingerprint density at radius 2 is 0.913 bits per heavy atom. The molecule has 3 heteroatoms. The highest BCUT2D eigenvalue weighted by Crippen LogP contribution is 2.13. The first kappa shape index (κ1) is 22.4. The van der Waals surface area contributed by atoms with Gasteiger partial charge in [-0.2, -0.15) is 0 Å². The second kappa shape index (κ2) is 19.5. The van der Waals surface area contributed by atoms with E-state index < -0.39 is 0 Å². The first-order chi connectivity index (χ1) is 11.3. The lowest BCUT2D eigenvalue weighted by Gasteiger charge is -2.04. The third kappa shape index (κ3) is 21.4. The van der Waals surface area contributed by atoms with E-state index in [0.717, 1.165) is 19.4 Å². The number of aliphatic hydroxyl groups excluding tert-OH is 1. The number of unbranched alkanes of at least 4 members (excludes halogenated alkanes) is 15. The number of carbonyl (C=O) groups is 1. The predicted octanol–water partition coefficient (Wildman–Crippen LogP) is 5.36. The maximum atomic E-state index is 10.7. The van der Waals surface area contributed by atoms with Crippen molar-refractivity contribution in [2.75, 3.05) is 13.2 Å². The highest BCUT2D eigenvalue weighted by atomic mass is 16.2. The Bertz CT molecular complexity index is 244. The van der Waals surface area contributed by atoms with E-state index in [1.165, 1.54) is 89.9 Å². The molecule has 0 aromatic rings. The van der Waals surface area contributed by atoms with Crippen molar-refractivity contribution in [3.63, 3.8) is 0 Å². The maximum Gasteiger partial charge on any atom is 0.216 e. The van der Waals surface area contributed by atoms with Crippen LogP contribution in [0.25, 0.3) is 0 Å². The number of rotatable bonds is 18. The normalized spacial score (nSPS) is 10.9. The molecule has 0 aliphatic carbocycles. The lowest BCUT2D eigenvalue weighted by Crippen LogP contribution is -2.20. The van der Waals surface area contributed by atoms with Gasteiger partial charge >= 0.3 is 0 Å². The van der Waals surface area contributed by atoms with Crippen LogP contribution >= 0.6 is 0 Å². The molecule has 0 bridgehead atoms. The fourth-order valence-electron chi connectivity index (χ4n) is 2.98. The van der Waals surface area contributed by atoms with Crippen molar-refractivity contribution in [2.45, 2.75) is 110 Å². The van der Waals surface area contributed by atoms with Gasteiger partial charge in [0.1, 0.15) is 0 Å². The van der Waals surface area contributed by atoms with E-state index in [4.69, 9.17) is 5.11 Å². The van der Waals surface area contributed by atoms with Gasteiger partial charge in [0, 0.05) is 20.1 Å². The van der Waals surface area contributed by atoms with Crippen molar-refractivity contribution in [3.8, 4) is 0 Å². The van der Waals surface area contributed by atoms with Crippen molar-refractivity contribution in [2.24, 2.45) is 0 Å². The Labute approximate surface area is 144 Å². The van der Waals surface area contributed by atoms with E-state index in [9.17, 15) is 4.79 Å². The van der Waals surface area contributed by atoms with Crippen LogP contribution in [-0.4, -0.2) is 24.2 Å². The molecule has 1 amide bonds. The summed E-state index contributed by atoms with van der Waals surface area (Å²) >= 11 is 0. The highest BCUT2D eigenvalue weighted by molar-refractivity contribution is 5.72. The second-order valence-corrected chi connectivity index (χ2v) is 6.86. The molecule has 0 saturated heterocycles. The average molecular weight is 328 g/mol. The summed E-state index contributed by atoms with van der Waals surface area (Å²) in [7, 11) is 0. The number of aliphatic hydroxyl groups is 1. The van der Waals surface area contributed by atoms with E-state index in [0.29, 0.717) is 6.61 Å². The Morgan fingerprint density at radius 3 is 1.22 bits per heavy atom. The summed E-state index contributed by atoms with van der Waals surface area (Å²) in [6, 6.07) is 0. The Morgan fingerprint density at radius 1 is 0.609 bits per heavy atom. The van der Waals surface area contributed by atoms with Crippen LogP contribution in [0.15, 0.2) is 0 Å². The zero-order valence-corrected chi connectivity index (χ0v) is 15.6. The largest absolute Gasteiger partial charge is 0.396 e. The molecule has 0 aromatic carbocycles. The molecule has 0 spiro atoms. The van der Waals surface area contributed by atoms with Crippen LogP contribution in [0.4, 0.5) is 0 Å². The van der Waals surface area contributed by atoms with E-state index in [-0.39, 0.29) is 5.91 Å². The third-order valence-corrected chi connectivity index (χ3v) is 4.46. The molecule has 2 N–H and O–H groups in total. The zero-order valence-electron chi connectivity index (χ0n) is 15.6. The molecule has 0 rings (SSSR count). The molecule has 0 radical (unpaired) electrons. The van der Waals surface area contributed by atoms with Gasteiger partial charge in [-0.3, -0.25) is 4.79 Å². The summed E-state index contributed by atoms with van der Waals surface area (Å²) in [5, 5.41) is 11.5. The smallest absolute Gasteiger partial charge is 0.216 e. The van der Waals surface area contributed by atoms with Crippen molar-refractivity contribution in [1.29, 1.82) is 0 Å². The molecule has 0 atom stereocenters. The minimum Gasteiger partial charge on any atom is -0.396 e. The number of hydrogen-bond acceptors (Lipinski definition) is 2. The van der Waals surface area contributed by atoms with Gasteiger partial charge in [-0.25, -0.2) is 0 Å². The number of carbonyl (C=O) groups excluding carboxylic acids is 1. The quantitative estimate of drug-likeness (QED) is 0.333. The van der Waals surface area contributed by atoms with Crippen LogP contribution in [0.5, 0.6) is 0 Å². The zero-order chi connectivity index (χ0) is 17.0. The maximum absolute atomic E-state index is 10.7. The highest BCUT2D eigenvalue weighted by Gasteiger charge is 1.95. The third-order valence-electron chi connectivity index (χ3n) is 4.46. The van der Waals surface area contributed by atoms with E-state index in [1.807, 2.05) is 0 Å². The molecule has 0 unspecified atom stereocenters. The summed E-state index contributed by atoms with van der Waals surface area (Å²) in [5.41, 5.74) is 0. The average Bonchev–Trinajstić information content (AvgIpc) is 2.53. The van der Waals surface area contributed by atoms with E-state index in [2.05, 4.69) is 5.32 Å². The topological polar surface area (TPSA) is 49.3 Å². The summed E-state index contributed by atoms with van der Waals surface area (Å²) in [5.74, 6) is 0.0895. The van der Waals surface area contributed by atoms with Crippen molar-refractivity contribution in [1.82, 2.24) is 5.32 Å². The molecule has 3 nitrogen and oxygen atoms in total. The van der Waals surface area contributed by atoms with Crippen molar-refractivity contribution in [3.05, 3.63) is 0 Å². The van der Waals surface area contributed by atoms with Crippen LogP contribution in [0.3, 0.4) is 0 Å². The molecule has 0 aliphatic heterocycles. The second-order valence-electron chi connectivity index (χ2n) is 6.86. The minimum atomic E-state index is 0.0895. The molecular formula is C20H41NO2. The molecule has 0 aromatic heterocycles. The predicted molar refractivity (Wildman–Crippen MR) is 99.6 cm³/mol. The van der Waals surface area contributed by atoms with Crippen LogP contribution in [0, 0.1) is 0 Å². The summed E-state index contributed by atoms with van der Waals surface area (Å²) in [6.45, 7) is 2.78. The van der Waals surface area contributed by atoms with Crippen LogP contribution in [0.1, 0.15) is 110 Å². The lowest BCUT2D eigenvalue weighted by atomic mass is 10.0. The standard InChI is InChI=1S/C20H41NO2/c1-20(23)21-18-16-14-12-10-8-6-4-2-3-5-7-9-11-13-15-17-19-22/h22H,2-19H2,1H3,(H,21,23). The number of nitrogens with one attached hydrogen (secondary N) is 1. The van der Waals surface area contributed by atoms with Gasteiger partial charge in [0.2, 0.25) is 5.91 Å².